The van der Waals surface area contributed by atoms with Gasteiger partial charge in [-0.1, -0.05) is 0 Å². The average Bonchev–Trinajstić information content (AvgIpc) is 3.13. The minimum atomic E-state index is -0.982. The second-order valence-electron chi connectivity index (χ2n) is 6.29. The Morgan fingerprint density at radius 1 is 1.29 bits per heavy atom. The number of aromatic nitrogens is 2. The maximum atomic E-state index is 12.9. The van der Waals surface area contributed by atoms with Crippen LogP contribution < -0.4 is 4.74 Å². The fourth-order valence-electron chi connectivity index (χ4n) is 3.44. The van der Waals surface area contributed by atoms with E-state index in [9.17, 15) is 14.8 Å². The number of carbonyl (C=O) groups excluding carboxylic acids is 2. The lowest BCUT2D eigenvalue weighted by molar-refractivity contribution is -0.829. The summed E-state index contributed by atoms with van der Waals surface area (Å²) < 4.78 is 4.24. The maximum Gasteiger partial charge on any atom is 0.404 e. The Balaban J connectivity index is 1.66. The Morgan fingerprint density at radius 2 is 2.04 bits per heavy atom. The lowest BCUT2D eigenvalue weighted by Crippen LogP contribution is -2.65. The molecule has 1 aliphatic carbocycles. The molecule has 2 amide bonds. The highest BCUT2D eigenvalue weighted by Gasteiger charge is 2.47. The molecule has 130 valence electrons. The number of amides is 2. The van der Waals surface area contributed by atoms with E-state index in [0.717, 1.165) is 25.7 Å². The molecule has 1 atom stereocenters. The lowest BCUT2D eigenvalue weighted by Gasteiger charge is -2.48. The zero-order chi connectivity index (χ0) is 17.2. The number of hydrogen-bond acceptors (Lipinski definition) is 6. The normalized spacial score (nSPS) is 25.3. The van der Waals surface area contributed by atoms with Crippen LogP contribution in [-0.4, -0.2) is 57.3 Å². The largest absolute Gasteiger partial charge is 0.625 e. The zero-order valence-electron chi connectivity index (χ0n) is 13.8. The van der Waals surface area contributed by atoms with E-state index in [1.165, 1.54) is 4.90 Å². The minimum absolute atomic E-state index is 0.125. The molecule has 2 heterocycles. The van der Waals surface area contributed by atoms with Crippen molar-refractivity contribution in [2.75, 3.05) is 19.7 Å². The third kappa shape index (κ3) is 3.11. The van der Waals surface area contributed by atoms with Crippen LogP contribution in [0.15, 0.2) is 12.1 Å². The second kappa shape index (κ2) is 6.82. The summed E-state index contributed by atoms with van der Waals surface area (Å²) in [7, 11) is 0. The van der Waals surface area contributed by atoms with E-state index in [4.69, 9.17) is 4.74 Å². The van der Waals surface area contributed by atoms with Gasteiger partial charge in [0.05, 0.1) is 31.4 Å². The fourth-order valence-corrected chi connectivity index (χ4v) is 3.44. The Labute approximate surface area is 140 Å². The smallest absolute Gasteiger partial charge is 0.404 e. The van der Waals surface area contributed by atoms with Gasteiger partial charge >= 0.3 is 11.8 Å². The number of rotatable bonds is 5. The van der Waals surface area contributed by atoms with Crippen LogP contribution in [0, 0.1) is 5.21 Å². The third-order valence-corrected chi connectivity index (χ3v) is 4.77. The Kier molecular flexibility index (Phi) is 4.77. The van der Waals surface area contributed by atoms with Crippen LogP contribution in [0.4, 0.5) is 0 Å². The van der Waals surface area contributed by atoms with Crippen LogP contribution in [0.25, 0.3) is 0 Å². The van der Waals surface area contributed by atoms with Crippen molar-refractivity contribution in [2.45, 2.75) is 45.2 Å². The topological polar surface area (TPSA) is 95.5 Å². The van der Waals surface area contributed by atoms with E-state index in [-0.39, 0.29) is 25.7 Å². The molecule has 1 saturated carbocycles. The minimum Gasteiger partial charge on any atom is -0.625 e. The van der Waals surface area contributed by atoms with E-state index in [1.807, 2.05) is 6.92 Å². The van der Waals surface area contributed by atoms with Gasteiger partial charge in [0.15, 0.2) is 0 Å². The summed E-state index contributed by atoms with van der Waals surface area (Å²) in [4.78, 5) is 26.1. The molecule has 3 rings (SSSR count). The van der Waals surface area contributed by atoms with Gasteiger partial charge in [-0.2, -0.15) is 5.10 Å². The summed E-state index contributed by atoms with van der Waals surface area (Å²) in [6.07, 6.45) is 3.37. The van der Waals surface area contributed by atoms with E-state index < -0.39 is 16.5 Å². The SMILES string of the molecule is CCOc1ccc(CN2CC[N+]([O-])(C3CCCC3)C(=O)C2=O)nn1. The predicted octanol–water partition coefficient (Wildman–Crippen LogP) is 1.00. The van der Waals surface area contributed by atoms with Gasteiger partial charge in [-0.05, 0) is 25.8 Å². The quantitative estimate of drug-likeness (QED) is 0.453. The first-order valence-electron chi connectivity index (χ1n) is 8.42. The molecule has 1 saturated heterocycles. The monoisotopic (exact) mass is 334 g/mol. The van der Waals surface area contributed by atoms with Crippen LogP contribution in [0.2, 0.25) is 0 Å². The highest BCUT2D eigenvalue weighted by Crippen LogP contribution is 2.31. The molecular formula is C16H22N4O4. The van der Waals surface area contributed by atoms with Crippen molar-refractivity contribution in [3.05, 3.63) is 23.0 Å². The molecule has 1 aliphatic heterocycles. The zero-order valence-corrected chi connectivity index (χ0v) is 13.8. The first kappa shape index (κ1) is 16.8. The van der Waals surface area contributed by atoms with Crippen LogP contribution in [0.1, 0.15) is 38.3 Å². The molecule has 1 aromatic heterocycles. The van der Waals surface area contributed by atoms with Crippen LogP contribution in [0.5, 0.6) is 5.88 Å². The van der Waals surface area contributed by atoms with Gasteiger partial charge in [-0.15, -0.1) is 5.10 Å². The molecule has 2 fully saturated rings. The van der Waals surface area contributed by atoms with Gasteiger partial charge in [0.1, 0.15) is 6.54 Å². The number of nitrogens with zero attached hydrogens (tertiary/aromatic N) is 4. The number of hydrogen-bond donors (Lipinski definition) is 0. The molecule has 0 bridgehead atoms. The van der Waals surface area contributed by atoms with E-state index in [2.05, 4.69) is 10.2 Å². The van der Waals surface area contributed by atoms with E-state index >= 15 is 0 Å². The van der Waals surface area contributed by atoms with Crippen molar-refractivity contribution in [1.29, 1.82) is 0 Å². The highest BCUT2D eigenvalue weighted by atomic mass is 16.6. The first-order chi connectivity index (χ1) is 11.5. The van der Waals surface area contributed by atoms with Crippen molar-refractivity contribution in [3.8, 4) is 5.88 Å². The molecule has 1 unspecified atom stereocenters. The number of piperazine rings is 1. The van der Waals surface area contributed by atoms with Crippen molar-refractivity contribution in [2.24, 2.45) is 0 Å². The van der Waals surface area contributed by atoms with Gasteiger partial charge in [0.25, 0.3) is 0 Å². The van der Waals surface area contributed by atoms with E-state index in [0.29, 0.717) is 18.2 Å². The Bertz CT molecular complexity index is 615. The maximum absolute atomic E-state index is 12.9. The van der Waals surface area contributed by atoms with Gasteiger partial charge in [0.2, 0.25) is 5.88 Å². The van der Waals surface area contributed by atoms with Crippen molar-refractivity contribution in [3.63, 3.8) is 0 Å². The average molecular weight is 334 g/mol. The summed E-state index contributed by atoms with van der Waals surface area (Å²) in [6.45, 7) is 2.91. The standard InChI is InChI=1S/C16H22N4O4/c1-2-24-14-8-7-12(17-18-14)11-19-9-10-20(23,16(22)15(19)21)13-5-3-4-6-13/h7-8,13H,2-6,9-11H2,1H3. The van der Waals surface area contributed by atoms with Crippen LogP contribution in [-0.2, 0) is 16.1 Å². The van der Waals surface area contributed by atoms with Crippen LogP contribution in [0.3, 0.4) is 0 Å². The predicted molar refractivity (Wildman–Crippen MR) is 84.4 cm³/mol. The van der Waals surface area contributed by atoms with Gasteiger partial charge in [0, 0.05) is 18.9 Å². The first-order valence-corrected chi connectivity index (χ1v) is 8.42. The molecule has 2 aliphatic rings. The molecule has 0 radical (unpaired) electrons. The second-order valence-corrected chi connectivity index (χ2v) is 6.29. The molecule has 1 aromatic rings. The number of carbonyl (C=O) groups is 2. The van der Waals surface area contributed by atoms with Gasteiger partial charge in [-0.25, -0.2) is 4.79 Å². The molecular weight excluding hydrogens is 312 g/mol. The van der Waals surface area contributed by atoms with Crippen molar-refractivity contribution < 1.29 is 19.0 Å². The lowest BCUT2D eigenvalue weighted by atomic mass is 10.1. The molecule has 0 spiro atoms. The summed E-state index contributed by atoms with van der Waals surface area (Å²) >= 11 is 0. The number of quaternary nitrogens is 1. The number of hydroxylamine groups is 3. The highest BCUT2D eigenvalue weighted by molar-refractivity contribution is 6.32. The Hall–Kier alpha value is -2.06. The number of ether oxygens (including phenoxy) is 1. The summed E-state index contributed by atoms with van der Waals surface area (Å²) in [5, 5.41) is 20.8. The molecule has 0 aromatic carbocycles. The van der Waals surface area contributed by atoms with Gasteiger partial charge < -0.3 is 14.8 Å². The van der Waals surface area contributed by atoms with Gasteiger partial charge in [-0.3, -0.25) is 9.44 Å². The third-order valence-electron chi connectivity index (χ3n) is 4.77. The summed E-state index contributed by atoms with van der Waals surface area (Å²) in [6, 6.07) is 3.13. The molecule has 8 heteroatoms. The summed E-state index contributed by atoms with van der Waals surface area (Å²) in [5.74, 6) is -1.13. The molecule has 24 heavy (non-hydrogen) atoms. The van der Waals surface area contributed by atoms with Crippen molar-refractivity contribution >= 4 is 11.8 Å². The van der Waals surface area contributed by atoms with Crippen LogP contribution >= 0.6 is 0 Å². The molecule has 8 nitrogen and oxygen atoms in total. The van der Waals surface area contributed by atoms with Crippen molar-refractivity contribution in [1.82, 2.24) is 15.1 Å². The van der Waals surface area contributed by atoms with E-state index in [1.54, 1.807) is 12.1 Å². The summed E-state index contributed by atoms with van der Waals surface area (Å²) in [5.41, 5.74) is 0.561. The fraction of sp³-hybridized carbons (Fsp3) is 0.625. The Morgan fingerprint density at radius 3 is 2.67 bits per heavy atom. The molecule has 0 N–H and O–H groups in total.